The zero-order valence-corrected chi connectivity index (χ0v) is 14.8. The second kappa shape index (κ2) is 6.39. The molecule has 1 heterocycles. The summed E-state index contributed by atoms with van der Waals surface area (Å²) in [4.78, 5) is 25.4. The minimum atomic E-state index is -0.549. The largest absolute Gasteiger partial charge is 0.462 e. The zero-order chi connectivity index (χ0) is 18.2. The average molecular weight is 341 g/mol. The molecule has 2 aliphatic rings. The van der Waals surface area contributed by atoms with Gasteiger partial charge in [-0.05, 0) is 17.9 Å². The minimum absolute atomic E-state index is 0.00518. The molecule has 2 N–H and O–H groups in total. The molecule has 132 valence electrons. The SMILES string of the molecule is CCOC(=O)C1=C(N)OC2=C(C(=O)CC(C)(C)C2)[C@@H]1c1ccccc1. The van der Waals surface area contributed by atoms with E-state index in [0.29, 0.717) is 24.2 Å². The highest BCUT2D eigenvalue weighted by atomic mass is 16.5. The van der Waals surface area contributed by atoms with Crippen molar-refractivity contribution in [3.8, 4) is 0 Å². The van der Waals surface area contributed by atoms with Gasteiger partial charge in [-0.15, -0.1) is 0 Å². The van der Waals surface area contributed by atoms with Crippen LogP contribution in [0.3, 0.4) is 0 Å². The van der Waals surface area contributed by atoms with Crippen LogP contribution in [-0.4, -0.2) is 18.4 Å². The van der Waals surface area contributed by atoms with Gasteiger partial charge in [-0.3, -0.25) is 4.79 Å². The van der Waals surface area contributed by atoms with Crippen LogP contribution in [0.15, 0.2) is 53.1 Å². The van der Waals surface area contributed by atoms with E-state index in [-0.39, 0.29) is 29.3 Å². The topological polar surface area (TPSA) is 78.6 Å². The Bertz CT molecular complexity index is 774. The van der Waals surface area contributed by atoms with Gasteiger partial charge < -0.3 is 15.2 Å². The molecule has 1 aliphatic carbocycles. The highest BCUT2D eigenvalue weighted by molar-refractivity contribution is 6.03. The van der Waals surface area contributed by atoms with Crippen LogP contribution in [-0.2, 0) is 19.1 Å². The van der Waals surface area contributed by atoms with Crippen LogP contribution < -0.4 is 5.73 Å². The van der Waals surface area contributed by atoms with E-state index >= 15 is 0 Å². The molecular formula is C20H23NO4. The fraction of sp³-hybridized carbons (Fsp3) is 0.400. The lowest BCUT2D eigenvalue weighted by Gasteiger charge is -2.37. The second-order valence-electron chi connectivity index (χ2n) is 7.22. The molecule has 0 fully saturated rings. The van der Waals surface area contributed by atoms with Crippen molar-refractivity contribution >= 4 is 11.8 Å². The molecule has 3 rings (SSSR count). The van der Waals surface area contributed by atoms with E-state index in [1.54, 1.807) is 6.92 Å². The van der Waals surface area contributed by atoms with E-state index in [2.05, 4.69) is 0 Å². The maximum absolute atomic E-state index is 12.9. The van der Waals surface area contributed by atoms with Crippen molar-refractivity contribution in [2.24, 2.45) is 11.1 Å². The molecule has 0 saturated heterocycles. The third-order valence-electron chi connectivity index (χ3n) is 4.58. The molecule has 0 bridgehead atoms. The Labute approximate surface area is 147 Å². The normalized spacial score (nSPS) is 22.4. The van der Waals surface area contributed by atoms with Crippen LogP contribution in [0.2, 0.25) is 0 Å². The van der Waals surface area contributed by atoms with Gasteiger partial charge in [0.05, 0.1) is 12.5 Å². The lowest BCUT2D eigenvalue weighted by molar-refractivity contribution is -0.139. The summed E-state index contributed by atoms with van der Waals surface area (Å²) in [5.41, 5.74) is 7.46. The Morgan fingerprint density at radius 3 is 2.60 bits per heavy atom. The van der Waals surface area contributed by atoms with Gasteiger partial charge in [0.25, 0.3) is 0 Å². The number of rotatable bonds is 3. The van der Waals surface area contributed by atoms with Crippen molar-refractivity contribution < 1.29 is 19.1 Å². The molecule has 0 spiro atoms. The highest BCUT2D eigenvalue weighted by Gasteiger charge is 2.44. The van der Waals surface area contributed by atoms with E-state index in [1.807, 2.05) is 44.2 Å². The Morgan fingerprint density at radius 1 is 1.28 bits per heavy atom. The van der Waals surface area contributed by atoms with Gasteiger partial charge in [0, 0.05) is 18.4 Å². The molecule has 1 aliphatic heterocycles. The summed E-state index contributed by atoms with van der Waals surface area (Å²) >= 11 is 0. The second-order valence-corrected chi connectivity index (χ2v) is 7.22. The summed E-state index contributed by atoms with van der Waals surface area (Å²) in [5, 5.41) is 0. The van der Waals surface area contributed by atoms with Crippen LogP contribution in [0, 0.1) is 5.41 Å². The van der Waals surface area contributed by atoms with E-state index in [1.165, 1.54) is 0 Å². The summed E-state index contributed by atoms with van der Waals surface area (Å²) in [6, 6.07) is 9.42. The number of ketones is 1. The molecule has 0 aromatic heterocycles. The zero-order valence-electron chi connectivity index (χ0n) is 14.8. The highest BCUT2D eigenvalue weighted by Crippen LogP contribution is 2.48. The van der Waals surface area contributed by atoms with E-state index < -0.39 is 11.9 Å². The molecule has 5 heteroatoms. The van der Waals surface area contributed by atoms with Crippen LogP contribution >= 0.6 is 0 Å². The molecule has 0 radical (unpaired) electrons. The molecule has 1 atom stereocenters. The molecule has 0 unspecified atom stereocenters. The first-order valence-electron chi connectivity index (χ1n) is 8.50. The number of benzene rings is 1. The summed E-state index contributed by atoms with van der Waals surface area (Å²) < 4.78 is 10.9. The van der Waals surface area contributed by atoms with Crippen molar-refractivity contribution in [3.05, 3.63) is 58.7 Å². The Kier molecular flexibility index (Phi) is 4.41. The molecule has 0 saturated carbocycles. The van der Waals surface area contributed by atoms with Gasteiger partial charge in [-0.2, -0.15) is 0 Å². The molecular weight excluding hydrogens is 318 g/mol. The Hall–Kier alpha value is -2.56. The number of carbonyl (C=O) groups excluding carboxylic acids is 2. The maximum atomic E-state index is 12.9. The third kappa shape index (κ3) is 3.18. The predicted octanol–water partition coefficient (Wildman–Crippen LogP) is 3.18. The minimum Gasteiger partial charge on any atom is -0.462 e. The standard InChI is InChI=1S/C20H23NO4/c1-4-24-19(23)17-15(12-8-6-5-7-9-12)16-13(22)10-20(2,3)11-14(16)25-18(17)21/h5-9,15H,4,10-11,21H2,1-3H3/t15-/m0/s1. The van der Waals surface area contributed by atoms with E-state index in [0.717, 1.165) is 5.56 Å². The first kappa shape index (κ1) is 17.3. The summed E-state index contributed by atoms with van der Waals surface area (Å²) in [7, 11) is 0. The van der Waals surface area contributed by atoms with Gasteiger partial charge in [-0.1, -0.05) is 44.2 Å². The van der Waals surface area contributed by atoms with Crippen molar-refractivity contribution in [1.82, 2.24) is 0 Å². The fourth-order valence-electron chi connectivity index (χ4n) is 3.57. The summed E-state index contributed by atoms with van der Waals surface area (Å²) in [5.74, 6) is -0.503. The number of ether oxygens (including phenoxy) is 2. The van der Waals surface area contributed by atoms with Gasteiger partial charge in [0.1, 0.15) is 11.3 Å². The lowest BCUT2D eigenvalue weighted by atomic mass is 9.70. The first-order valence-corrected chi connectivity index (χ1v) is 8.50. The number of nitrogens with two attached hydrogens (primary N) is 1. The molecule has 0 amide bonds. The number of esters is 1. The van der Waals surface area contributed by atoms with Crippen LogP contribution in [0.25, 0.3) is 0 Å². The van der Waals surface area contributed by atoms with Gasteiger partial charge >= 0.3 is 5.97 Å². The lowest BCUT2D eigenvalue weighted by Crippen LogP contribution is -2.35. The van der Waals surface area contributed by atoms with Gasteiger partial charge in [0.2, 0.25) is 5.88 Å². The third-order valence-corrected chi connectivity index (χ3v) is 4.58. The van der Waals surface area contributed by atoms with Gasteiger partial charge in [-0.25, -0.2) is 4.79 Å². The smallest absolute Gasteiger partial charge is 0.340 e. The van der Waals surface area contributed by atoms with Crippen molar-refractivity contribution in [2.75, 3.05) is 6.61 Å². The number of allylic oxidation sites excluding steroid dienone is 2. The van der Waals surface area contributed by atoms with Gasteiger partial charge in [0.15, 0.2) is 5.78 Å². The molecule has 25 heavy (non-hydrogen) atoms. The van der Waals surface area contributed by atoms with Crippen LogP contribution in [0.1, 0.15) is 45.1 Å². The molecule has 5 nitrogen and oxygen atoms in total. The first-order chi connectivity index (χ1) is 11.8. The predicted molar refractivity (Wildman–Crippen MR) is 93.2 cm³/mol. The Morgan fingerprint density at radius 2 is 1.96 bits per heavy atom. The van der Waals surface area contributed by atoms with E-state index in [4.69, 9.17) is 15.2 Å². The molecule has 1 aromatic rings. The molecule has 1 aromatic carbocycles. The fourth-order valence-corrected chi connectivity index (χ4v) is 3.57. The summed E-state index contributed by atoms with van der Waals surface area (Å²) in [6.07, 6.45) is 1.02. The maximum Gasteiger partial charge on any atom is 0.340 e. The van der Waals surface area contributed by atoms with Crippen LogP contribution in [0.5, 0.6) is 0 Å². The van der Waals surface area contributed by atoms with Crippen LogP contribution in [0.4, 0.5) is 0 Å². The number of hydrogen-bond donors (Lipinski definition) is 1. The average Bonchev–Trinajstić information content (AvgIpc) is 2.53. The number of Topliss-reactive ketones (excluding diaryl/α,β-unsaturated/α-hetero) is 1. The summed E-state index contributed by atoms with van der Waals surface area (Å²) in [6.45, 7) is 6.01. The van der Waals surface area contributed by atoms with Crippen molar-refractivity contribution in [3.63, 3.8) is 0 Å². The van der Waals surface area contributed by atoms with Crippen molar-refractivity contribution in [1.29, 1.82) is 0 Å². The Balaban J connectivity index is 2.16. The number of carbonyl (C=O) groups is 2. The number of hydrogen-bond acceptors (Lipinski definition) is 5. The van der Waals surface area contributed by atoms with Crippen molar-refractivity contribution in [2.45, 2.75) is 39.5 Å². The monoisotopic (exact) mass is 341 g/mol. The quantitative estimate of drug-likeness (QED) is 0.854. The van der Waals surface area contributed by atoms with E-state index in [9.17, 15) is 9.59 Å².